The topological polar surface area (TPSA) is 156 Å². The number of aromatic nitrogens is 2. The van der Waals surface area contributed by atoms with E-state index in [9.17, 15) is 27.6 Å². The second kappa shape index (κ2) is 12.1. The molecule has 2 fully saturated rings. The molecule has 12 nitrogen and oxygen atoms in total. The van der Waals surface area contributed by atoms with Gasteiger partial charge in [-0.1, -0.05) is 31.3 Å². The van der Waals surface area contributed by atoms with Crippen LogP contribution >= 0.6 is 11.3 Å². The molecular formula is C28H29N5O7S2. The lowest BCUT2D eigenvalue weighted by molar-refractivity contribution is -0.138. The highest BCUT2D eigenvalue weighted by atomic mass is 32.2. The molecule has 0 aliphatic carbocycles. The number of amides is 2. The Morgan fingerprint density at radius 2 is 1.93 bits per heavy atom. The Hall–Kier alpha value is -4.01. The van der Waals surface area contributed by atoms with E-state index in [2.05, 4.69) is 15.3 Å². The van der Waals surface area contributed by atoms with Crippen molar-refractivity contribution in [3.8, 4) is 15.6 Å². The average Bonchev–Trinajstić information content (AvgIpc) is 3.70. The van der Waals surface area contributed by atoms with Crippen LogP contribution in [0.3, 0.4) is 0 Å². The first kappa shape index (κ1) is 29.5. The van der Waals surface area contributed by atoms with Gasteiger partial charge in [0.1, 0.15) is 12.1 Å². The van der Waals surface area contributed by atoms with Crippen LogP contribution in [0.15, 0.2) is 61.1 Å². The lowest BCUT2D eigenvalue weighted by Crippen LogP contribution is -2.53. The Morgan fingerprint density at radius 3 is 2.62 bits per heavy atom. The Morgan fingerprint density at radius 1 is 1.12 bits per heavy atom. The van der Waals surface area contributed by atoms with Crippen LogP contribution in [0, 0.1) is 5.92 Å². The number of hydrogen-bond donors (Lipinski definition) is 1. The smallest absolute Gasteiger partial charge is 0.399 e. The highest BCUT2D eigenvalue weighted by molar-refractivity contribution is 8.04. The Labute approximate surface area is 246 Å². The van der Waals surface area contributed by atoms with Crippen LogP contribution in [0.2, 0.25) is 0 Å². The molecule has 0 saturated carbocycles. The summed E-state index contributed by atoms with van der Waals surface area (Å²) in [4.78, 5) is 62.7. The summed E-state index contributed by atoms with van der Waals surface area (Å²) in [6.07, 6.45) is 3.83. The summed E-state index contributed by atoms with van der Waals surface area (Å²) in [7, 11) is -4.54. The van der Waals surface area contributed by atoms with Crippen LogP contribution in [0.25, 0.3) is 10.6 Å². The molecule has 2 aliphatic rings. The first-order valence-corrected chi connectivity index (χ1v) is 15.6. The van der Waals surface area contributed by atoms with E-state index < -0.39 is 57.6 Å². The maximum Gasteiger partial charge on any atom is 0.414 e. The normalized spacial score (nSPS) is 19.5. The van der Waals surface area contributed by atoms with Crippen LogP contribution in [-0.4, -0.2) is 81.7 Å². The van der Waals surface area contributed by atoms with Crippen LogP contribution in [0.5, 0.6) is 5.06 Å². The minimum Gasteiger partial charge on any atom is -0.399 e. The fourth-order valence-electron chi connectivity index (χ4n) is 5.26. The van der Waals surface area contributed by atoms with E-state index in [0.717, 1.165) is 21.1 Å². The van der Waals surface area contributed by atoms with Crippen LogP contribution in [0.1, 0.15) is 37.0 Å². The fourth-order valence-corrected chi connectivity index (χ4v) is 7.59. The number of nitrogens with zero attached hydrogens (tertiary/aromatic N) is 4. The van der Waals surface area contributed by atoms with E-state index in [1.807, 2.05) is 26.0 Å². The molecule has 1 N–H and O–H groups in total. The van der Waals surface area contributed by atoms with Gasteiger partial charge in [-0.2, -0.15) is 4.31 Å². The summed E-state index contributed by atoms with van der Waals surface area (Å²) in [5.41, 5.74) is 0.616. The van der Waals surface area contributed by atoms with Gasteiger partial charge in [0, 0.05) is 25.1 Å². The van der Waals surface area contributed by atoms with Gasteiger partial charge >= 0.3 is 6.09 Å². The predicted molar refractivity (Wildman–Crippen MR) is 153 cm³/mol. The number of carbonyl (C=O) groups excluding carboxylic acids is 4. The van der Waals surface area contributed by atoms with Gasteiger partial charge < -0.3 is 15.0 Å². The molecule has 2 amide bonds. The number of ether oxygens (including phenoxy) is 1. The molecule has 3 atom stereocenters. The molecule has 220 valence electrons. The second-order valence-corrected chi connectivity index (χ2v) is 13.3. The second-order valence-electron chi connectivity index (χ2n) is 10.4. The molecule has 42 heavy (non-hydrogen) atoms. The molecule has 5 rings (SSSR count). The summed E-state index contributed by atoms with van der Waals surface area (Å²) in [6, 6.07) is 8.74. The number of Topliss-reactive ketones (excluding diaryl/α,β-unsaturated/α-hetero) is 1. The van der Waals surface area contributed by atoms with Crippen molar-refractivity contribution in [1.29, 1.82) is 0 Å². The highest BCUT2D eigenvalue weighted by Gasteiger charge is 2.55. The third-order valence-corrected chi connectivity index (χ3v) is 9.80. The van der Waals surface area contributed by atoms with Gasteiger partial charge in [-0.3, -0.25) is 24.4 Å². The SMILES string of the molecule is CC(C)CC(NC(=O)Oc1ccc(-c2ccccn2)s1)C(=O)N1CCC2C1C(=O)CN2S(=O)(=O)C(=O)c1cccnc1. The summed E-state index contributed by atoms with van der Waals surface area (Å²) in [5, 5.41) is 1.79. The van der Waals surface area contributed by atoms with Gasteiger partial charge in [-0.25, -0.2) is 13.2 Å². The zero-order chi connectivity index (χ0) is 30.0. The number of nitrogens with one attached hydrogen (secondary N) is 1. The van der Waals surface area contributed by atoms with Gasteiger partial charge in [0.25, 0.3) is 15.1 Å². The van der Waals surface area contributed by atoms with Crippen molar-refractivity contribution >= 4 is 44.3 Å². The van der Waals surface area contributed by atoms with Crippen molar-refractivity contribution in [3.05, 3.63) is 66.6 Å². The Bertz CT molecular complexity index is 1590. The number of sulfonamides is 1. The maximum atomic E-state index is 13.7. The minimum atomic E-state index is -4.54. The molecule has 0 spiro atoms. The number of hydrogen-bond acceptors (Lipinski definition) is 10. The summed E-state index contributed by atoms with van der Waals surface area (Å²) >= 11 is 1.23. The first-order valence-electron chi connectivity index (χ1n) is 13.3. The first-order chi connectivity index (χ1) is 20.1. The molecule has 14 heteroatoms. The van der Waals surface area contributed by atoms with Crippen molar-refractivity contribution in [3.63, 3.8) is 0 Å². The summed E-state index contributed by atoms with van der Waals surface area (Å²) in [6.45, 7) is 3.35. The Balaban J connectivity index is 1.28. The molecule has 3 aromatic rings. The third kappa shape index (κ3) is 5.96. The van der Waals surface area contributed by atoms with Crippen LogP contribution in [0.4, 0.5) is 4.79 Å². The maximum absolute atomic E-state index is 13.7. The van der Waals surface area contributed by atoms with Crippen molar-refractivity contribution in [2.45, 2.75) is 44.8 Å². The number of thiophene rings is 1. The molecular weight excluding hydrogens is 582 g/mol. The van der Waals surface area contributed by atoms with Crippen molar-refractivity contribution < 1.29 is 32.3 Å². The fraction of sp³-hybridized carbons (Fsp3) is 0.357. The van der Waals surface area contributed by atoms with Gasteiger partial charge in [0.2, 0.25) is 5.91 Å². The number of pyridine rings is 2. The standard InChI is InChI=1S/C28H29N5O7S2/c1-17(2)14-20(31-28(37)40-24-9-8-23(41-24)19-7-3-4-12-30-19)26(35)32-13-10-21-25(32)22(34)16-33(21)42(38,39)27(36)18-6-5-11-29-15-18/h3-9,11-12,15,17,20-21,25H,10,13-14,16H2,1-2H3,(H,31,37). The van der Waals surface area contributed by atoms with Crippen molar-refractivity contribution in [2.75, 3.05) is 13.1 Å². The summed E-state index contributed by atoms with van der Waals surface area (Å²) < 4.78 is 32.7. The Kier molecular flexibility index (Phi) is 8.48. The van der Waals surface area contributed by atoms with Crippen LogP contribution in [-0.2, 0) is 19.6 Å². The molecule has 0 radical (unpaired) electrons. The third-order valence-electron chi connectivity index (χ3n) is 7.09. The largest absolute Gasteiger partial charge is 0.414 e. The van der Waals surface area contributed by atoms with Crippen LogP contribution < -0.4 is 10.1 Å². The molecule has 0 bridgehead atoms. The predicted octanol–water partition coefficient (Wildman–Crippen LogP) is 2.73. The average molecular weight is 612 g/mol. The number of rotatable bonds is 8. The van der Waals surface area contributed by atoms with E-state index in [-0.39, 0.29) is 30.9 Å². The highest BCUT2D eigenvalue weighted by Crippen LogP contribution is 2.34. The number of ketones is 1. The number of likely N-dealkylation sites (tertiary alicyclic amines) is 1. The summed E-state index contributed by atoms with van der Waals surface area (Å²) in [5.74, 6) is -0.997. The molecule has 5 heterocycles. The van der Waals surface area contributed by atoms with E-state index in [0.29, 0.717) is 5.06 Å². The van der Waals surface area contributed by atoms with E-state index in [1.165, 1.54) is 34.6 Å². The van der Waals surface area contributed by atoms with Gasteiger partial charge in [0.15, 0.2) is 10.8 Å². The molecule has 2 aliphatic heterocycles. The molecule has 2 saturated heterocycles. The van der Waals surface area contributed by atoms with Gasteiger partial charge in [-0.15, -0.1) is 0 Å². The van der Waals surface area contributed by atoms with E-state index in [4.69, 9.17) is 4.74 Å². The molecule has 3 unspecified atom stereocenters. The minimum absolute atomic E-state index is 0.00315. The zero-order valence-electron chi connectivity index (χ0n) is 22.9. The van der Waals surface area contributed by atoms with Gasteiger partial charge in [-0.05, 0) is 55.2 Å². The number of fused-ring (bicyclic) bond motifs is 1. The lowest BCUT2D eigenvalue weighted by atomic mass is 10.0. The van der Waals surface area contributed by atoms with Crippen molar-refractivity contribution in [2.24, 2.45) is 5.92 Å². The molecule has 3 aromatic heterocycles. The number of carbonyl (C=O) groups is 4. The van der Waals surface area contributed by atoms with E-state index >= 15 is 0 Å². The van der Waals surface area contributed by atoms with Crippen molar-refractivity contribution in [1.82, 2.24) is 24.5 Å². The molecule has 0 aromatic carbocycles. The lowest BCUT2D eigenvalue weighted by Gasteiger charge is -2.28. The quantitative estimate of drug-likeness (QED) is 0.405. The monoisotopic (exact) mass is 611 g/mol. The van der Waals surface area contributed by atoms with Gasteiger partial charge in [0.05, 0.1) is 28.7 Å². The zero-order valence-corrected chi connectivity index (χ0v) is 24.5. The van der Waals surface area contributed by atoms with E-state index in [1.54, 1.807) is 24.4 Å².